The van der Waals surface area contributed by atoms with Crippen LogP contribution in [0.15, 0.2) is 247 Å². The van der Waals surface area contributed by atoms with E-state index in [1.165, 1.54) is 86.9 Å². The summed E-state index contributed by atoms with van der Waals surface area (Å²) in [7, 11) is 0. The molecule has 0 bridgehead atoms. The molecule has 0 amide bonds. The molecule has 2 aromatic heterocycles. The maximum Gasteiger partial charge on any atom is 0.154 e. The number of hydrogen-bond donors (Lipinski definition) is 0. The second-order valence-electron chi connectivity index (χ2n) is 17.8. The molecule has 0 spiro atoms. The van der Waals surface area contributed by atoms with Gasteiger partial charge in [0.1, 0.15) is 11.1 Å². The van der Waals surface area contributed by atoms with Gasteiger partial charge >= 0.3 is 0 Å². The first kappa shape index (κ1) is 38.2. The van der Waals surface area contributed by atoms with Crippen LogP contribution in [0.3, 0.4) is 0 Å². The molecular weight excluding hydrogens is 825 g/mol. The molecule has 0 aliphatic heterocycles. The fraction of sp³-hybridized carbons (Fsp3) is 0. The highest BCUT2D eigenvalue weighted by atomic mass is 16.3. The summed E-state index contributed by atoms with van der Waals surface area (Å²) in [5, 5.41) is 16.4. The summed E-state index contributed by atoms with van der Waals surface area (Å²) in [4.78, 5) is 7.20. The van der Waals surface area contributed by atoms with E-state index in [0.29, 0.717) is 0 Å². The Balaban J connectivity index is 0.856. The number of rotatable bonds is 6. The SMILES string of the molecule is c1ccc2c(c1)oc1cc(-c3ccc(N(c4ccc(-c5ccc6c7ccccc7c7ccccc7c6c5)cc4)c4ccc(-c5ccc6c7ccccc7c7ccccc7c6c5)cc4)cc3)cnc12. The molecule has 14 rings (SSSR count). The van der Waals surface area contributed by atoms with Crippen LogP contribution in [-0.2, 0) is 0 Å². The third-order valence-corrected chi connectivity index (χ3v) is 14.1. The van der Waals surface area contributed by atoms with Crippen LogP contribution in [0, 0.1) is 0 Å². The van der Waals surface area contributed by atoms with Crippen LogP contribution < -0.4 is 4.90 Å². The van der Waals surface area contributed by atoms with E-state index in [0.717, 1.165) is 50.3 Å². The lowest BCUT2D eigenvalue weighted by atomic mass is 9.92. The van der Waals surface area contributed by atoms with Crippen molar-refractivity contribution in [2.45, 2.75) is 0 Å². The minimum atomic E-state index is 0.787. The van der Waals surface area contributed by atoms with Crippen LogP contribution in [0.2, 0.25) is 0 Å². The van der Waals surface area contributed by atoms with Crippen molar-refractivity contribution < 1.29 is 4.42 Å². The summed E-state index contributed by atoms with van der Waals surface area (Å²) in [5.74, 6) is 0. The summed E-state index contributed by atoms with van der Waals surface area (Å²) in [5.41, 5.74) is 12.5. The molecule has 0 saturated heterocycles. The lowest BCUT2D eigenvalue weighted by Gasteiger charge is -2.26. The monoisotopic (exact) mass is 864 g/mol. The van der Waals surface area contributed by atoms with E-state index in [2.05, 4.69) is 223 Å². The molecule has 2 heterocycles. The van der Waals surface area contributed by atoms with Gasteiger partial charge in [0.05, 0.1) is 0 Å². The fourth-order valence-electron chi connectivity index (χ4n) is 10.8. The molecule has 0 aliphatic rings. The van der Waals surface area contributed by atoms with Gasteiger partial charge < -0.3 is 9.32 Å². The Bertz CT molecular complexity index is 4030. The second-order valence-corrected chi connectivity index (χ2v) is 17.8. The van der Waals surface area contributed by atoms with Crippen molar-refractivity contribution in [2.75, 3.05) is 4.90 Å². The van der Waals surface area contributed by atoms with E-state index in [1.807, 2.05) is 24.4 Å². The number of fused-ring (bicyclic) bond motifs is 15. The third kappa shape index (κ3) is 6.10. The largest absolute Gasteiger partial charge is 0.454 e. The Morgan fingerprint density at radius 2 is 0.574 bits per heavy atom. The molecule has 0 fully saturated rings. The van der Waals surface area contributed by atoms with Gasteiger partial charge in [-0.25, -0.2) is 0 Å². The number of pyridine rings is 1. The number of nitrogens with zero attached hydrogens (tertiary/aromatic N) is 2. The molecule has 0 unspecified atom stereocenters. The molecule has 0 saturated carbocycles. The Kier molecular flexibility index (Phi) is 8.59. The van der Waals surface area contributed by atoms with Crippen LogP contribution in [0.1, 0.15) is 0 Å². The molecule has 0 aliphatic carbocycles. The summed E-state index contributed by atoms with van der Waals surface area (Å²) >= 11 is 0. The van der Waals surface area contributed by atoms with Gasteiger partial charge in [-0.3, -0.25) is 4.98 Å². The van der Waals surface area contributed by atoms with Gasteiger partial charge in [0.25, 0.3) is 0 Å². The van der Waals surface area contributed by atoms with E-state index >= 15 is 0 Å². The van der Waals surface area contributed by atoms with Crippen molar-refractivity contribution >= 4 is 104 Å². The lowest BCUT2D eigenvalue weighted by Crippen LogP contribution is -2.09. The average molecular weight is 865 g/mol. The van der Waals surface area contributed by atoms with E-state index in [1.54, 1.807) is 0 Å². The zero-order valence-corrected chi connectivity index (χ0v) is 36.9. The Morgan fingerprint density at radius 1 is 0.250 bits per heavy atom. The van der Waals surface area contributed by atoms with Crippen molar-refractivity contribution in [3.05, 3.63) is 243 Å². The summed E-state index contributed by atoms with van der Waals surface area (Å²) < 4.78 is 6.22. The molecule has 12 aromatic carbocycles. The van der Waals surface area contributed by atoms with Gasteiger partial charge in [-0.1, -0.05) is 170 Å². The fourth-order valence-corrected chi connectivity index (χ4v) is 10.8. The maximum atomic E-state index is 6.22. The average Bonchev–Trinajstić information content (AvgIpc) is 3.79. The lowest BCUT2D eigenvalue weighted by molar-refractivity contribution is 0.668. The van der Waals surface area contributed by atoms with Gasteiger partial charge in [0.2, 0.25) is 0 Å². The van der Waals surface area contributed by atoms with Crippen molar-refractivity contribution in [2.24, 2.45) is 0 Å². The zero-order chi connectivity index (χ0) is 44.7. The van der Waals surface area contributed by atoms with Gasteiger partial charge in [-0.15, -0.1) is 0 Å². The molecule has 0 N–H and O–H groups in total. The highest BCUT2D eigenvalue weighted by Gasteiger charge is 2.17. The molecule has 0 radical (unpaired) electrons. The van der Waals surface area contributed by atoms with Gasteiger partial charge in [-0.2, -0.15) is 0 Å². The van der Waals surface area contributed by atoms with Gasteiger partial charge in [-0.05, 0) is 159 Å². The van der Waals surface area contributed by atoms with E-state index in [-0.39, 0.29) is 0 Å². The first-order chi connectivity index (χ1) is 33.7. The zero-order valence-electron chi connectivity index (χ0n) is 36.9. The number of anilines is 3. The van der Waals surface area contributed by atoms with Crippen LogP contribution in [0.5, 0.6) is 0 Å². The number of hydrogen-bond acceptors (Lipinski definition) is 3. The predicted octanol–water partition coefficient (Wildman–Crippen LogP) is 18.4. The van der Waals surface area contributed by atoms with Crippen molar-refractivity contribution in [1.82, 2.24) is 4.98 Å². The summed E-state index contributed by atoms with van der Waals surface area (Å²) in [6.45, 7) is 0. The standard InChI is InChI=1S/C65H40N2O/c1-3-15-54-50(11-1)52-13-5-7-17-56(52)61-37-44(27-35-58(54)61)41-21-29-47(30-22-41)67(49-33-25-43(26-34-49)46-39-64-65(66-40-46)60-19-9-10-20-63(60)68-64)48-31-23-42(24-32-48)45-28-36-59-55-16-4-2-12-51(55)53-14-6-8-18-57(53)62(59)38-45/h1-40H. The quantitative estimate of drug-likeness (QED) is 0.156. The highest BCUT2D eigenvalue weighted by molar-refractivity contribution is 6.27. The van der Waals surface area contributed by atoms with E-state index in [4.69, 9.17) is 9.40 Å². The highest BCUT2D eigenvalue weighted by Crippen LogP contribution is 2.42. The van der Waals surface area contributed by atoms with E-state index < -0.39 is 0 Å². The second kappa shape index (κ2) is 15.3. The van der Waals surface area contributed by atoms with Crippen molar-refractivity contribution in [3.63, 3.8) is 0 Å². The normalized spacial score (nSPS) is 11.8. The van der Waals surface area contributed by atoms with Crippen LogP contribution >= 0.6 is 0 Å². The third-order valence-electron chi connectivity index (χ3n) is 14.1. The van der Waals surface area contributed by atoms with E-state index in [9.17, 15) is 0 Å². The molecule has 0 atom stereocenters. The Labute approximate surface area is 392 Å². The van der Waals surface area contributed by atoms with Crippen LogP contribution in [0.4, 0.5) is 17.1 Å². The topological polar surface area (TPSA) is 29.3 Å². The Morgan fingerprint density at radius 3 is 0.985 bits per heavy atom. The molecular formula is C65H40N2O. The minimum absolute atomic E-state index is 0.787. The van der Waals surface area contributed by atoms with Crippen LogP contribution in [0.25, 0.3) is 120 Å². The number of benzene rings is 12. The van der Waals surface area contributed by atoms with Gasteiger partial charge in [0.15, 0.2) is 5.58 Å². The Hall–Kier alpha value is -9.05. The summed E-state index contributed by atoms with van der Waals surface area (Å²) in [6, 6.07) is 85.9. The van der Waals surface area contributed by atoms with Gasteiger partial charge in [0, 0.05) is 34.2 Å². The summed E-state index contributed by atoms with van der Waals surface area (Å²) in [6.07, 6.45) is 1.95. The maximum absolute atomic E-state index is 6.22. The molecule has 3 nitrogen and oxygen atoms in total. The first-order valence-electron chi connectivity index (χ1n) is 23.3. The predicted molar refractivity (Wildman–Crippen MR) is 288 cm³/mol. The number of para-hydroxylation sites is 1. The minimum Gasteiger partial charge on any atom is -0.454 e. The number of aromatic nitrogens is 1. The molecule has 316 valence electrons. The van der Waals surface area contributed by atoms with Crippen LogP contribution in [-0.4, -0.2) is 4.98 Å². The first-order valence-corrected chi connectivity index (χ1v) is 23.3. The number of furan rings is 1. The molecule has 68 heavy (non-hydrogen) atoms. The molecule has 3 heteroatoms. The van der Waals surface area contributed by atoms with Crippen molar-refractivity contribution in [3.8, 4) is 33.4 Å². The smallest absolute Gasteiger partial charge is 0.154 e. The van der Waals surface area contributed by atoms with Crippen molar-refractivity contribution in [1.29, 1.82) is 0 Å². The molecule has 14 aromatic rings.